The summed E-state index contributed by atoms with van der Waals surface area (Å²) in [7, 11) is 0. The molecule has 2 aromatic rings. The normalized spacial score (nSPS) is 31.1. The summed E-state index contributed by atoms with van der Waals surface area (Å²) in [6.45, 7) is 2.62. The highest BCUT2D eigenvalue weighted by Crippen LogP contribution is 2.60. The minimum Gasteiger partial charge on any atom is -0.494 e. The van der Waals surface area contributed by atoms with Crippen LogP contribution in [0.25, 0.3) is 10.6 Å². The maximum Gasteiger partial charge on any atom is 0.232 e. The predicted octanol–water partition coefficient (Wildman–Crippen LogP) is 4.76. The minimum atomic E-state index is -0.153. The van der Waals surface area contributed by atoms with Gasteiger partial charge < -0.3 is 10.1 Å². The molecule has 1 amide bonds. The molecule has 6 heteroatoms. The van der Waals surface area contributed by atoms with E-state index < -0.39 is 0 Å². The van der Waals surface area contributed by atoms with Crippen molar-refractivity contribution in [1.82, 2.24) is 10.2 Å². The smallest absolute Gasteiger partial charge is 0.232 e. The van der Waals surface area contributed by atoms with Crippen molar-refractivity contribution in [3.05, 3.63) is 24.3 Å². The lowest BCUT2D eigenvalue weighted by Crippen LogP contribution is -2.51. The van der Waals surface area contributed by atoms with Crippen LogP contribution >= 0.6 is 11.3 Å². The zero-order valence-electron chi connectivity index (χ0n) is 15.6. The number of nitrogens with one attached hydrogen (secondary N) is 1. The first-order valence-corrected chi connectivity index (χ1v) is 10.8. The van der Waals surface area contributed by atoms with Gasteiger partial charge in [0, 0.05) is 5.56 Å². The third-order valence-corrected chi connectivity index (χ3v) is 7.47. The van der Waals surface area contributed by atoms with Crippen molar-refractivity contribution in [3.63, 3.8) is 0 Å². The number of nitrogens with zero attached hydrogens (tertiary/aromatic N) is 2. The predicted molar refractivity (Wildman–Crippen MR) is 106 cm³/mol. The molecule has 4 bridgehead atoms. The fraction of sp³-hybridized carbons (Fsp3) is 0.571. The van der Waals surface area contributed by atoms with Crippen LogP contribution in [0, 0.1) is 23.2 Å². The van der Waals surface area contributed by atoms with E-state index >= 15 is 0 Å². The molecule has 4 aliphatic rings. The molecule has 142 valence electrons. The van der Waals surface area contributed by atoms with Gasteiger partial charge in [0.25, 0.3) is 0 Å². The molecule has 0 atom stereocenters. The number of hydrogen-bond donors (Lipinski definition) is 1. The number of hydrogen-bond acceptors (Lipinski definition) is 5. The van der Waals surface area contributed by atoms with Gasteiger partial charge in [0.2, 0.25) is 11.0 Å². The van der Waals surface area contributed by atoms with Crippen LogP contribution in [0.2, 0.25) is 0 Å². The lowest BCUT2D eigenvalue weighted by molar-refractivity contribution is -0.140. The van der Waals surface area contributed by atoms with Gasteiger partial charge in [-0.25, -0.2) is 0 Å². The average Bonchev–Trinajstić information content (AvgIpc) is 3.10. The summed E-state index contributed by atoms with van der Waals surface area (Å²) in [5, 5.41) is 13.0. The van der Waals surface area contributed by atoms with Crippen molar-refractivity contribution in [3.8, 4) is 16.3 Å². The molecular formula is C21H25N3O2S. The molecule has 1 heterocycles. The standard InChI is InChI=1S/C21H25N3O2S/c1-2-26-17-5-3-16(4-6-17)18-23-24-20(27-18)22-19(25)21-10-13-7-14(11-21)9-15(8-13)12-21/h3-6,13-15H,2,7-12H2,1H3,(H,22,24,25). The van der Waals surface area contributed by atoms with E-state index in [1.165, 1.54) is 30.6 Å². The Hall–Kier alpha value is -1.95. The Kier molecular flexibility index (Phi) is 4.19. The van der Waals surface area contributed by atoms with Gasteiger partial charge in [-0.1, -0.05) is 11.3 Å². The van der Waals surface area contributed by atoms with Crippen LogP contribution in [-0.2, 0) is 4.79 Å². The van der Waals surface area contributed by atoms with Crippen LogP contribution in [0.3, 0.4) is 0 Å². The Morgan fingerprint density at radius 1 is 1.11 bits per heavy atom. The first kappa shape index (κ1) is 17.2. The molecule has 1 aromatic carbocycles. The number of carbonyl (C=O) groups excluding carboxylic acids is 1. The van der Waals surface area contributed by atoms with Gasteiger partial charge >= 0.3 is 0 Å². The highest BCUT2D eigenvalue weighted by atomic mass is 32.1. The number of carbonyl (C=O) groups is 1. The summed E-state index contributed by atoms with van der Waals surface area (Å²) in [6, 6.07) is 7.84. The lowest BCUT2D eigenvalue weighted by atomic mass is 9.49. The fourth-order valence-corrected chi connectivity index (χ4v) is 6.61. The first-order chi connectivity index (χ1) is 13.1. The molecule has 5 nitrogen and oxygen atoms in total. The van der Waals surface area contributed by atoms with Crippen LogP contribution < -0.4 is 10.1 Å². The summed E-state index contributed by atoms with van der Waals surface area (Å²) < 4.78 is 5.48. The summed E-state index contributed by atoms with van der Waals surface area (Å²) in [5.41, 5.74) is 0.839. The molecule has 6 rings (SSSR count). The summed E-state index contributed by atoms with van der Waals surface area (Å²) in [6.07, 6.45) is 7.22. The third kappa shape index (κ3) is 3.14. The summed E-state index contributed by atoms with van der Waals surface area (Å²) in [4.78, 5) is 13.1. The van der Waals surface area contributed by atoms with E-state index in [1.54, 1.807) is 0 Å². The average molecular weight is 384 g/mol. The van der Waals surface area contributed by atoms with E-state index in [4.69, 9.17) is 4.74 Å². The Balaban J connectivity index is 1.30. The quantitative estimate of drug-likeness (QED) is 0.808. The molecule has 0 spiro atoms. The van der Waals surface area contributed by atoms with Crippen molar-refractivity contribution in [2.45, 2.75) is 45.4 Å². The largest absolute Gasteiger partial charge is 0.494 e. The van der Waals surface area contributed by atoms with Gasteiger partial charge in [-0.15, -0.1) is 10.2 Å². The second kappa shape index (κ2) is 6.59. The summed E-state index contributed by atoms with van der Waals surface area (Å²) >= 11 is 1.44. The monoisotopic (exact) mass is 383 g/mol. The molecule has 1 aromatic heterocycles. The van der Waals surface area contributed by atoms with E-state index in [2.05, 4.69) is 15.5 Å². The molecule has 4 fully saturated rings. The topological polar surface area (TPSA) is 64.1 Å². The number of benzene rings is 1. The van der Waals surface area contributed by atoms with E-state index in [0.717, 1.165) is 53.3 Å². The van der Waals surface area contributed by atoms with Gasteiger partial charge in [0.05, 0.1) is 12.0 Å². The van der Waals surface area contributed by atoms with Gasteiger partial charge in [-0.05, 0) is 87.5 Å². The van der Waals surface area contributed by atoms with E-state index in [-0.39, 0.29) is 11.3 Å². The maximum atomic E-state index is 13.1. The fourth-order valence-electron chi connectivity index (χ4n) is 5.87. The van der Waals surface area contributed by atoms with Crippen molar-refractivity contribution < 1.29 is 9.53 Å². The Labute approximate surface area is 163 Å². The molecule has 0 unspecified atom stereocenters. The molecule has 27 heavy (non-hydrogen) atoms. The molecule has 0 saturated heterocycles. The third-order valence-electron chi connectivity index (χ3n) is 6.58. The highest BCUT2D eigenvalue weighted by Gasteiger charge is 2.54. The molecule has 0 aliphatic heterocycles. The SMILES string of the molecule is CCOc1ccc(-c2nnc(NC(=O)C34CC5CC(CC(C5)C3)C4)s2)cc1. The molecule has 1 N–H and O–H groups in total. The molecule has 0 radical (unpaired) electrons. The number of aromatic nitrogens is 2. The van der Waals surface area contributed by atoms with E-state index in [0.29, 0.717) is 11.7 Å². The van der Waals surface area contributed by atoms with Gasteiger partial charge in [0.1, 0.15) is 10.8 Å². The zero-order valence-corrected chi connectivity index (χ0v) is 16.4. The number of ether oxygens (including phenoxy) is 1. The minimum absolute atomic E-state index is 0.153. The zero-order chi connectivity index (χ0) is 18.4. The second-order valence-corrected chi connectivity index (χ2v) is 9.50. The van der Waals surface area contributed by atoms with Crippen LogP contribution in [-0.4, -0.2) is 22.7 Å². The van der Waals surface area contributed by atoms with Crippen LogP contribution in [0.1, 0.15) is 45.4 Å². The van der Waals surface area contributed by atoms with Crippen molar-refractivity contribution >= 4 is 22.4 Å². The number of anilines is 1. The van der Waals surface area contributed by atoms with Crippen molar-refractivity contribution in [1.29, 1.82) is 0 Å². The Morgan fingerprint density at radius 3 is 2.33 bits per heavy atom. The number of amides is 1. The second-order valence-electron chi connectivity index (χ2n) is 8.52. The lowest BCUT2D eigenvalue weighted by Gasteiger charge is -2.55. The van der Waals surface area contributed by atoms with Crippen LogP contribution in [0.5, 0.6) is 5.75 Å². The summed E-state index contributed by atoms with van der Waals surface area (Å²) in [5.74, 6) is 3.31. The molecule has 4 saturated carbocycles. The maximum absolute atomic E-state index is 13.1. The van der Waals surface area contributed by atoms with Crippen molar-refractivity contribution in [2.75, 3.05) is 11.9 Å². The Morgan fingerprint density at radius 2 is 1.74 bits per heavy atom. The highest BCUT2D eigenvalue weighted by molar-refractivity contribution is 7.18. The van der Waals surface area contributed by atoms with Gasteiger partial charge in [-0.3, -0.25) is 4.79 Å². The van der Waals surface area contributed by atoms with Crippen molar-refractivity contribution in [2.24, 2.45) is 23.2 Å². The Bertz CT molecular complexity index is 810. The van der Waals surface area contributed by atoms with Gasteiger partial charge in [0.15, 0.2) is 0 Å². The van der Waals surface area contributed by atoms with E-state index in [9.17, 15) is 4.79 Å². The first-order valence-electron chi connectivity index (χ1n) is 10.0. The van der Waals surface area contributed by atoms with E-state index in [1.807, 2.05) is 31.2 Å². The van der Waals surface area contributed by atoms with Crippen LogP contribution in [0.15, 0.2) is 24.3 Å². The molecular weight excluding hydrogens is 358 g/mol. The number of rotatable bonds is 5. The van der Waals surface area contributed by atoms with Crippen LogP contribution in [0.4, 0.5) is 5.13 Å². The molecule has 4 aliphatic carbocycles. The van der Waals surface area contributed by atoms with Gasteiger partial charge in [-0.2, -0.15) is 0 Å².